The molecule has 2 aliphatic rings. The Morgan fingerprint density at radius 2 is 1.02 bits per heavy atom. The van der Waals surface area contributed by atoms with E-state index in [9.17, 15) is 19.8 Å². The predicted octanol–water partition coefficient (Wildman–Crippen LogP) is 6.66. The molecule has 0 saturated heterocycles. The first-order valence-electron chi connectivity index (χ1n) is 18.8. The van der Waals surface area contributed by atoms with E-state index in [4.69, 9.17) is 9.47 Å². The number of aliphatic hydroxyl groups is 2. The van der Waals surface area contributed by atoms with Crippen LogP contribution in [0, 0.1) is 33.5 Å². The number of hydrogen-bond donors (Lipinski definition) is 6. The molecule has 0 aliphatic heterocycles. The maximum absolute atomic E-state index is 12.7. The van der Waals surface area contributed by atoms with Gasteiger partial charge < -0.3 is 41.0 Å². The molecule has 2 aliphatic carbocycles. The van der Waals surface area contributed by atoms with Crippen molar-refractivity contribution in [3.05, 3.63) is 48.6 Å². The second-order valence-electron chi connectivity index (χ2n) is 18.3. The molecule has 6 unspecified atom stereocenters. The fourth-order valence-electron chi connectivity index (χ4n) is 8.58. The fraction of sp³-hybridized carbons (Fsp3) is 0.756. The Morgan fingerprint density at radius 3 is 1.33 bits per heavy atom. The summed E-state index contributed by atoms with van der Waals surface area (Å²) in [6.07, 6.45) is 5.08. The molecule has 292 valence electrons. The third-order valence-electron chi connectivity index (χ3n) is 10.7. The third kappa shape index (κ3) is 16.3. The van der Waals surface area contributed by atoms with Crippen LogP contribution in [0.2, 0.25) is 0 Å². The van der Waals surface area contributed by atoms with Crippen molar-refractivity contribution in [1.82, 2.24) is 21.3 Å². The summed E-state index contributed by atoms with van der Waals surface area (Å²) in [5, 5.41) is 33.2. The predicted molar refractivity (Wildman–Crippen MR) is 207 cm³/mol. The van der Waals surface area contributed by atoms with Gasteiger partial charge in [-0.05, 0) is 91.6 Å². The van der Waals surface area contributed by atoms with Gasteiger partial charge in [-0.3, -0.25) is 0 Å². The van der Waals surface area contributed by atoms with Crippen molar-refractivity contribution in [3.63, 3.8) is 0 Å². The van der Waals surface area contributed by atoms with Crippen LogP contribution in [0.4, 0.5) is 9.59 Å². The number of amides is 2. The highest BCUT2D eigenvalue weighted by molar-refractivity contribution is 5.67. The largest absolute Gasteiger partial charge is 0.449 e. The van der Waals surface area contributed by atoms with Crippen molar-refractivity contribution >= 4 is 12.2 Å². The Kier molecular flexibility index (Phi) is 17.0. The number of nitrogens with one attached hydrogen (secondary N) is 4. The van der Waals surface area contributed by atoms with E-state index in [1.54, 1.807) is 0 Å². The third-order valence-corrected chi connectivity index (χ3v) is 10.7. The lowest BCUT2D eigenvalue weighted by molar-refractivity contribution is 0.0495. The lowest BCUT2D eigenvalue weighted by Gasteiger charge is -2.47. The van der Waals surface area contributed by atoms with Gasteiger partial charge in [0.15, 0.2) is 0 Å². The summed E-state index contributed by atoms with van der Waals surface area (Å²) < 4.78 is 11.0. The van der Waals surface area contributed by atoms with Crippen molar-refractivity contribution in [2.24, 2.45) is 33.5 Å². The van der Waals surface area contributed by atoms with Gasteiger partial charge in [0.1, 0.15) is 0 Å². The summed E-state index contributed by atoms with van der Waals surface area (Å²) in [7, 11) is 0. The van der Waals surface area contributed by atoms with Crippen molar-refractivity contribution in [2.45, 2.75) is 112 Å². The topological polar surface area (TPSA) is 141 Å². The van der Waals surface area contributed by atoms with Crippen molar-refractivity contribution in [1.29, 1.82) is 0 Å². The first-order chi connectivity index (χ1) is 23.6. The lowest BCUT2D eigenvalue weighted by atomic mass is 9.62. The minimum Gasteiger partial charge on any atom is -0.449 e. The van der Waals surface area contributed by atoms with Crippen LogP contribution < -0.4 is 21.3 Å². The summed E-state index contributed by atoms with van der Waals surface area (Å²) in [6, 6.07) is 0.586. The highest BCUT2D eigenvalue weighted by Crippen LogP contribution is 2.47. The maximum Gasteiger partial charge on any atom is 0.407 e. The van der Waals surface area contributed by atoms with E-state index in [1.807, 2.05) is 13.8 Å². The van der Waals surface area contributed by atoms with E-state index in [0.29, 0.717) is 44.7 Å². The van der Waals surface area contributed by atoms with E-state index in [2.05, 4.69) is 89.1 Å². The van der Waals surface area contributed by atoms with Crippen molar-refractivity contribution in [2.75, 3.05) is 52.6 Å². The monoisotopic (exact) mass is 717 g/mol. The van der Waals surface area contributed by atoms with Gasteiger partial charge in [0.2, 0.25) is 0 Å². The summed E-state index contributed by atoms with van der Waals surface area (Å²) in [4.78, 5) is 25.5. The molecule has 0 aromatic carbocycles. The van der Waals surface area contributed by atoms with Gasteiger partial charge in [0.25, 0.3) is 0 Å². The van der Waals surface area contributed by atoms with E-state index >= 15 is 0 Å². The molecule has 2 rings (SSSR count). The van der Waals surface area contributed by atoms with E-state index in [-0.39, 0.29) is 48.1 Å². The highest BCUT2D eigenvalue weighted by Gasteiger charge is 2.42. The Bertz CT molecular complexity index is 1140. The number of hydrogen-bond acceptors (Lipinski definition) is 8. The number of alkyl carbamates (subject to hydrolysis) is 2. The molecule has 2 saturated carbocycles. The molecular formula is C41H72N4O6. The first kappa shape index (κ1) is 44.5. The minimum atomic E-state index is -0.535. The molecule has 51 heavy (non-hydrogen) atoms. The van der Waals surface area contributed by atoms with Gasteiger partial charge in [-0.15, -0.1) is 0 Å². The van der Waals surface area contributed by atoms with Crippen LogP contribution in [0.3, 0.4) is 0 Å². The van der Waals surface area contributed by atoms with Gasteiger partial charge in [-0.1, -0.05) is 79.0 Å². The molecule has 2 fully saturated rings. The van der Waals surface area contributed by atoms with Crippen LogP contribution in [0.15, 0.2) is 48.6 Å². The Balaban J connectivity index is 1.80. The number of rotatable bonds is 20. The molecule has 0 aromatic rings. The average molecular weight is 717 g/mol. The SMILES string of the molecule is C=C(C)C(=C)CNC1CC(C)(C)CC(C)(CNC(=O)OCC(CO)CC(CO)COC(=O)NCC2(C)CC(NCC(=C)C(=C)C)CC(C)(C)C2)C1. The molecular weight excluding hydrogens is 644 g/mol. The normalized spacial score (nSPS) is 26.6. The first-order valence-corrected chi connectivity index (χ1v) is 18.8. The number of carbonyl (C=O) groups excluding carboxylic acids is 2. The van der Waals surface area contributed by atoms with Gasteiger partial charge in [-0.25, -0.2) is 9.59 Å². The second-order valence-corrected chi connectivity index (χ2v) is 18.3. The van der Waals surface area contributed by atoms with Crippen LogP contribution in [0.5, 0.6) is 0 Å². The molecule has 10 heteroatoms. The Labute approximate surface area is 309 Å². The Hall–Kier alpha value is -2.66. The number of aliphatic hydroxyl groups excluding tert-OH is 2. The summed E-state index contributed by atoms with van der Waals surface area (Å²) in [5.41, 5.74) is 3.91. The zero-order chi connectivity index (χ0) is 38.6. The van der Waals surface area contributed by atoms with Gasteiger partial charge >= 0.3 is 12.2 Å². The summed E-state index contributed by atoms with van der Waals surface area (Å²) >= 11 is 0. The minimum absolute atomic E-state index is 0.0104. The quantitative estimate of drug-likeness (QED) is 0.0769. The standard InChI is InChI=1S/C41H72N4O6/c1-28(2)30(5)18-42-34-14-38(7,8)24-40(11,16-34)26-44-36(48)50-22-32(20-46)13-33(21-47)23-51-37(49)45-27-41(12)17-35(15-39(9,10)25-41)43-19-31(6)29(3)4/h32-35,42-43,46-47H,1,3,5-6,13-27H2,2,4,7-12H3,(H,44,48)(H,45,49). The molecule has 0 spiro atoms. The molecule has 0 radical (unpaired) electrons. The molecule has 10 nitrogen and oxygen atoms in total. The molecule has 0 heterocycles. The van der Waals surface area contributed by atoms with E-state index in [1.165, 1.54) is 0 Å². The van der Waals surface area contributed by atoms with Crippen LogP contribution in [0.25, 0.3) is 0 Å². The summed E-state index contributed by atoms with van der Waals surface area (Å²) in [6.45, 7) is 35.4. The molecule has 2 amide bonds. The Morgan fingerprint density at radius 1 is 0.667 bits per heavy atom. The maximum atomic E-state index is 12.7. The van der Waals surface area contributed by atoms with Crippen molar-refractivity contribution in [3.8, 4) is 0 Å². The van der Waals surface area contributed by atoms with Gasteiger partial charge in [-0.2, -0.15) is 0 Å². The highest BCUT2D eigenvalue weighted by atomic mass is 16.6. The lowest BCUT2D eigenvalue weighted by Crippen LogP contribution is -2.49. The number of carbonyl (C=O) groups is 2. The molecule has 6 atom stereocenters. The molecule has 6 N–H and O–H groups in total. The van der Waals surface area contributed by atoms with E-state index in [0.717, 1.165) is 60.8 Å². The smallest absolute Gasteiger partial charge is 0.407 e. The van der Waals surface area contributed by atoms with E-state index < -0.39 is 24.0 Å². The van der Waals surface area contributed by atoms with Crippen LogP contribution >= 0.6 is 0 Å². The van der Waals surface area contributed by atoms with Crippen LogP contribution in [-0.2, 0) is 9.47 Å². The van der Waals surface area contributed by atoms with Gasteiger partial charge in [0, 0.05) is 63.3 Å². The van der Waals surface area contributed by atoms with Crippen LogP contribution in [-0.4, -0.2) is 87.1 Å². The van der Waals surface area contributed by atoms with Crippen molar-refractivity contribution < 1.29 is 29.3 Å². The summed E-state index contributed by atoms with van der Waals surface area (Å²) in [5.74, 6) is -0.819. The zero-order valence-corrected chi connectivity index (χ0v) is 33.3. The number of ether oxygens (including phenoxy) is 2. The average Bonchev–Trinajstić information content (AvgIpc) is 3.02. The van der Waals surface area contributed by atoms with Crippen LogP contribution in [0.1, 0.15) is 100 Å². The van der Waals surface area contributed by atoms with Gasteiger partial charge in [0.05, 0.1) is 13.2 Å². The zero-order valence-electron chi connectivity index (χ0n) is 33.3. The second kappa shape index (κ2) is 19.4. The molecule has 0 aromatic heterocycles. The fourth-order valence-corrected chi connectivity index (χ4v) is 8.58. The molecule has 0 bridgehead atoms.